The molecule has 6 saturated carbocycles. The van der Waals surface area contributed by atoms with Crippen LogP contribution in [0.4, 0.5) is 0 Å². The van der Waals surface area contributed by atoms with Crippen LogP contribution in [0.5, 0.6) is 17.6 Å². The minimum absolute atomic E-state index is 0.0340. The molecule has 9 heterocycles. The van der Waals surface area contributed by atoms with Crippen molar-refractivity contribution in [2.45, 2.75) is 265 Å². The molecule has 4 N–H and O–H groups in total. The van der Waals surface area contributed by atoms with Gasteiger partial charge in [0.2, 0.25) is 17.6 Å². The van der Waals surface area contributed by atoms with Crippen molar-refractivity contribution in [3.8, 4) is 35.1 Å². The van der Waals surface area contributed by atoms with E-state index in [4.69, 9.17) is 53.2 Å². The number of aromatic nitrogens is 15. The van der Waals surface area contributed by atoms with E-state index in [1.807, 2.05) is 4.72 Å². The number of nitrogens with zero attached hydrogens (tertiary/aromatic N) is 14. The molecule has 0 spiro atoms. The van der Waals surface area contributed by atoms with Gasteiger partial charge in [0, 0.05) is 56.1 Å². The average molecular weight is 1910 g/mol. The lowest BCUT2D eigenvalue weighted by Crippen LogP contribution is -2.31. The molecule has 9 aromatic rings. The number of hydrogen-bond donors (Lipinski definition) is 4. The van der Waals surface area contributed by atoms with E-state index in [1.165, 1.54) is 154 Å². The summed E-state index contributed by atoms with van der Waals surface area (Å²) in [5, 5.41) is 27.4. The number of aromatic amines is 1. The monoisotopic (exact) mass is 1900 g/mol. The standard InChI is InChI=1S/2C29H39ClN6O4S.C19H21ClN6O4S.C11H22O3S/c1-20-23(19-35(32-20)15-5-6-21-9-11-28(2,3)18-21)41(38,39)34-27(37)22-7-8-24(31-26(22)30)36-16-10-25(33-36)40-17-14-29(4)12-13-29;1-20-23(19-31-35(20)15-5-6-21-9-11-28(2,3)18-21)41(38,39)34-27(37)22-7-8-24(32-26(22)30)36-16-10-25(33-36)40-17-14-29(4)12-13-29;1-12-14(11-21-23-12)31(28,29)25-18(27)13-3-4-15(22-17(13)20)26-9-5-16(24-26)30-10-8-19(2)6-7-19;1-11(2)7-6-10(9-11)5-4-8-14-15(3,12)13/h2*7-8,10,16,19,21H,5-6,9,11-15,17-18H2,1-4H3,(H,34,37);3-5,9,11H,6-8,10H2,1-2H3,(H,21,23)(H,25,27);10H,4-9H2,1-3H3/t2*21-;;10-/m11.1/s1. The van der Waals surface area contributed by atoms with Gasteiger partial charge in [0.15, 0.2) is 17.5 Å². The SMILES string of the molecule is CC1(C)CC[C@@H](CCCOS(C)(=O)=O)C1.Cc1[nH]ncc1S(=O)(=O)NC(=O)c1ccc(-n2ccc(OCCC3(C)CC3)n2)nc1Cl.Cc1c(S(=O)(=O)NC(=O)c2ccc(-n3ccc(OCCC4(C)CC4)n3)nc2Cl)cnn1CCC[C@@H]1CCC(C)(C)C1.Cc1nn(CCC[C@@H]2CCC(C)(C)C2)cc1S(=O)(=O)NC(=O)c1ccc(-n2ccc(OCCC3(C)CC3)n2)nc1Cl. The molecule has 0 radical (unpaired) electrons. The molecule has 9 aromatic heterocycles. The third-order valence-corrected chi connectivity index (χ3v) is 31.1. The number of hydrogen-bond acceptors (Lipinski definition) is 24. The topological polar surface area (TPSA) is 417 Å². The molecule has 6 aliphatic rings. The average Bonchev–Trinajstić information content (AvgIpc) is 1.58. The Balaban J connectivity index is 0.000000162. The molecule has 40 heteroatoms. The van der Waals surface area contributed by atoms with Crippen molar-refractivity contribution in [2.24, 2.45) is 50.2 Å². The minimum atomic E-state index is -4.17. The first-order valence-electron chi connectivity index (χ1n) is 43.8. The van der Waals surface area contributed by atoms with Gasteiger partial charge in [0.05, 0.1) is 78.8 Å². The third-order valence-electron chi connectivity index (χ3n) is 25.4. The van der Waals surface area contributed by atoms with Gasteiger partial charge >= 0.3 is 0 Å². The molecule has 3 amide bonds. The molecule has 0 saturated heterocycles. The van der Waals surface area contributed by atoms with E-state index >= 15 is 0 Å². The van der Waals surface area contributed by atoms with Gasteiger partial charge in [-0.05, 0) is 262 Å². The van der Waals surface area contributed by atoms with Crippen LogP contribution in [0.15, 0.2) is 106 Å². The molecule has 128 heavy (non-hydrogen) atoms. The summed E-state index contributed by atoms with van der Waals surface area (Å²) in [6, 6.07) is 14.0. The van der Waals surface area contributed by atoms with Crippen molar-refractivity contribution in [1.29, 1.82) is 0 Å². The summed E-state index contributed by atoms with van der Waals surface area (Å²) in [4.78, 5) is 50.7. The molecule has 698 valence electrons. The van der Waals surface area contributed by atoms with Gasteiger partial charge in [-0.3, -0.25) is 33.0 Å². The third kappa shape index (κ3) is 27.9. The summed E-state index contributed by atoms with van der Waals surface area (Å²) < 4.78 is 134. The number of carbonyl (C=O) groups is 3. The fourth-order valence-electron chi connectivity index (χ4n) is 16.5. The Labute approximate surface area is 766 Å². The lowest BCUT2D eigenvalue weighted by molar-refractivity contribution is 0.0972. The number of halogens is 3. The Morgan fingerprint density at radius 1 is 0.461 bits per heavy atom. The fourth-order valence-corrected chi connectivity index (χ4v) is 21.1. The zero-order valence-electron chi connectivity index (χ0n) is 75.3. The van der Waals surface area contributed by atoms with Gasteiger partial charge in [-0.25, -0.2) is 68.4 Å². The summed E-state index contributed by atoms with van der Waals surface area (Å²) >= 11 is 18.8. The number of ether oxygens (including phenoxy) is 3. The highest BCUT2D eigenvalue weighted by molar-refractivity contribution is 7.90. The van der Waals surface area contributed by atoms with Crippen molar-refractivity contribution in [1.82, 2.24) is 88.2 Å². The van der Waals surface area contributed by atoms with Crippen LogP contribution in [-0.4, -0.2) is 158 Å². The van der Waals surface area contributed by atoms with Crippen LogP contribution in [0.2, 0.25) is 15.5 Å². The highest BCUT2D eigenvalue weighted by Crippen LogP contribution is 2.50. The molecule has 6 aliphatic carbocycles. The van der Waals surface area contributed by atoms with E-state index < -0.39 is 57.9 Å². The predicted molar refractivity (Wildman–Crippen MR) is 485 cm³/mol. The maximum Gasteiger partial charge on any atom is 0.268 e. The molecule has 33 nitrogen and oxygen atoms in total. The molecule has 0 unspecified atom stereocenters. The van der Waals surface area contributed by atoms with Crippen LogP contribution in [0.1, 0.15) is 265 Å². The second kappa shape index (κ2) is 40.5. The Kier molecular flexibility index (Phi) is 31.1. The van der Waals surface area contributed by atoms with Crippen LogP contribution in [0, 0.1) is 71.0 Å². The molecule has 3 atom stereocenters. The number of nitrogens with one attached hydrogen (secondary N) is 4. The first-order chi connectivity index (χ1) is 60.1. The lowest BCUT2D eigenvalue weighted by atomic mass is 9.89. The van der Waals surface area contributed by atoms with Crippen LogP contribution in [0.3, 0.4) is 0 Å². The zero-order valence-corrected chi connectivity index (χ0v) is 80.8. The van der Waals surface area contributed by atoms with E-state index in [-0.39, 0.29) is 46.8 Å². The number of H-pyrrole nitrogens is 1. The fraction of sp³-hybridized carbons (Fsp3) is 0.591. The number of pyridine rings is 3. The predicted octanol–water partition coefficient (Wildman–Crippen LogP) is 16.6. The Bertz CT molecular complexity index is 5760. The van der Waals surface area contributed by atoms with Gasteiger partial charge in [0.25, 0.3) is 57.9 Å². The molecule has 15 rings (SSSR count). The van der Waals surface area contributed by atoms with Gasteiger partial charge in [-0.15, -0.1) is 15.3 Å². The summed E-state index contributed by atoms with van der Waals surface area (Å²) in [5.74, 6) is 2.04. The van der Waals surface area contributed by atoms with Crippen molar-refractivity contribution >= 4 is 92.7 Å². The quantitative estimate of drug-likeness (QED) is 0.0160. The number of amides is 3. The smallest absolute Gasteiger partial charge is 0.268 e. The summed E-state index contributed by atoms with van der Waals surface area (Å²) in [6.45, 7) is 28.8. The largest absolute Gasteiger partial charge is 0.477 e. The Morgan fingerprint density at radius 2 is 0.828 bits per heavy atom. The van der Waals surface area contributed by atoms with Gasteiger partial charge in [-0.1, -0.05) is 97.1 Å². The lowest BCUT2D eigenvalue weighted by Gasteiger charge is -2.17. The minimum Gasteiger partial charge on any atom is -0.477 e. The van der Waals surface area contributed by atoms with Gasteiger partial charge < -0.3 is 14.2 Å². The Hall–Kier alpha value is -8.85. The van der Waals surface area contributed by atoms with E-state index in [1.54, 1.807) is 72.1 Å². The highest BCUT2D eigenvalue weighted by Gasteiger charge is 2.40. The summed E-state index contributed by atoms with van der Waals surface area (Å²) in [7, 11) is -15.7. The Morgan fingerprint density at radius 3 is 1.17 bits per heavy atom. The van der Waals surface area contributed by atoms with E-state index in [0.717, 1.165) is 76.2 Å². The maximum absolute atomic E-state index is 13.1. The number of sulfonamides is 3. The normalized spacial score (nSPS) is 19.0. The first-order valence-corrected chi connectivity index (χ1v) is 51.2. The number of aryl methyl sites for hydroxylation is 4. The van der Waals surface area contributed by atoms with Gasteiger partial charge in [0.1, 0.15) is 30.1 Å². The highest BCUT2D eigenvalue weighted by atomic mass is 35.5. The molecular formula is C88H121Cl3N18O15S4. The van der Waals surface area contributed by atoms with Crippen molar-refractivity contribution in [2.75, 3.05) is 32.7 Å². The van der Waals surface area contributed by atoms with Crippen molar-refractivity contribution in [3.05, 3.63) is 141 Å². The number of rotatable bonds is 37. The van der Waals surface area contributed by atoms with Crippen LogP contribution in [-0.2, 0) is 57.5 Å². The molecule has 0 aromatic carbocycles. The van der Waals surface area contributed by atoms with Crippen LogP contribution >= 0.6 is 34.8 Å². The molecule has 0 aliphatic heterocycles. The van der Waals surface area contributed by atoms with Crippen molar-refractivity contribution in [3.63, 3.8) is 0 Å². The van der Waals surface area contributed by atoms with E-state index in [9.17, 15) is 48.1 Å². The number of carbonyl (C=O) groups excluding carboxylic acids is 3. The van der Waals surface area contributed by atoms with Crippen LogP contribution < -0.4 is 28.4 Å². The summed E-state index contributed by atoms with van der Waals surface area (Å²) in [6.07, 6.45) is 37.6. The second-order valence-corrected chi connectivity index (χ2v) is 46.3. The van der Waals surface area contributed by atoms with Crippen LogP contribution in [0.25, 0.3) is 17.5 Å². The second-order valence-electron chi connectivity index (χ2n) is 38.6. The maximum atomic E-state index is 13.1. The van der Waals surface area contributed by atoms with E-state index in [2.05, 4.69) is 122 Å². The first kappa shape index (κ1) is 98.2. The molecular weight excluding hydrogens is 1780 g/mol. The molecule has 6 fully saturated rings. The zero-order chi connectivity index (χ0) is 92.6. The molecule has 0 bridgehead atoms. The van der Waals surface area contributed by atoms with Gasteiger partial charge in [-0.2, -0.15) is 23.7 Å². The summed E-state index contributed by atoms with van der Waals surface area (Å²) in [5.41, 5.74) is 3.41. The van der Waals surface area contributed by atoms with Crippen molar-refractivity contribution < 1.29 is 66.4 Å². The van der Waals surface area contributed by atoms with E-state index in [0.29, 0.717) is 136 Å².